The normalized spacial score (nSPS) is 19.6. The van der Waals surface area contributed by atoms with Gasteiger partial charge in [-0.2, -0.15) is 0 Å². The van der Waals surface area contributed by atoms with Crippen LogP contribution >= 0.6 is 0 Å². The summed E-state index contributed by atoms with van der Waals surface area (Å²) in [5.74, 6) is 0.188. The lowest BCUT2D eigenvalue weighted by molar-refractivity contribution is 0.238. The molecule has 122 valence electrons. The lowest BCUT2D eigenvalue weighted by Gasteiger charge is -2.12. The van der Waals surface area contributed by atoms with Crippen LogP contribution in [0.25, 0.3) is 10.9 Å². The van der Waals surface area contributed by atoms with E-state index >= 15 is 0 Å². The first-order valence-corrected chi connectivity index (χ1v) is 9.43. The number of hydrogen-bond donors (Lipinski definition) is 2. The Morgan fingerprint density at radius 3 is 2.87 bits per heavy atom. The maximum Gasteiger partial charge on any atom is 0.315 e. The molecule has 0 unspecified atom stereocenters. The highest BCUT2D eigenvalue weighted by molar-refractivity contribution is 7.91. The molecule has 1 aliphatic rings. The van der Waals surface area contributed by atoms with Gasteiger partial charge in [-0.25, -0.2) is 13.2 Å². The van der Waals surface area contributed by atoms with E-state index in [4.69, 9.17) is 0 Å². The van der Waals surface area contributed by atoms with Crippen LogP contribution in [-0.4, -0.2) is 43.5 Å². The highest BCUT2D eigenvalue weighted by atomic mass is 32.2. The van der Waals surface area contributed by atoms with Crippen molar-refractivity contribution in [2.24, 2.45) is 0 Å². The Morgan fingerprint density at radius 1 is 1.26 bits per heavy atom. The van der Waals surface area contributed by atoms with Crippen LogP contribution in [0.15, 0.2) is 36.5 Å². The third-order valence-corrected chi connectivity index (χ3v) is 5.73. The molecule has 2 amide bonds. The van der Waals surface area contributed by atoms with Crippen LogP contribution in [0.3, 0.4) is 0 Å². The van der Waals surface area contributed by atoms with Gasteiger partial charge in [-0.15, -0.1) is 0 Å². The van der Waals surface area contributed by atoms with Crippen LogP contribution in [0.5, 0.6) is 0 Å². The Labute approximate surface area is 135 Å². The molecule has 0 spiro atoms. The highest BCUT2D eigenvalue weighted by Gasteiger charge is 2.28. The van der Waals surface area contributed by atoms with E-state index in [1.54, 1.807) is 6.20 Å². The molecule has 0 saturated carbocycles. The van der Waals surface area contributed by atoms with Gasteiger partial charge in [0.15, 0.2) is 9.84 Å². The van der Waals surface area contributed by atoms with E-state index in [1.807, 2.05) is 30.3 Å². The van der Waals surface area contributed by atoms with Gasteiger partial charge in [-0.05, 0) is 24.5 Å². The Balaban J connectivity index is 1.52. The number of aromatic nitrogens is 1. The number of para-hydroxylation sites is 1. The highest BCUT2D eigenvalue weighted by Crippen LogP contribution is 2.16. The molecule has 1 aromatic carbocycles. The molecule has 0 aliphatic carbocycles. The van der Waals surface area contributed by atoms with Gasteiger partial charge < -0.3 is 10.6 Å². The lowest BCUT2D eigenvalue weighted by Crippen LogP contribution is -2.43. The molecule has 1 aromatic heterocycles. The summed E-state index contributed by atoms with van der Waals surface area (Å²) in [4.78, 5) is 16.2. The van der Waals surface area contributed by atoms with Gasteiger partial charge in [0.1, 0.15) is 0 Å². The van der Waals surface area contributed by atoms with Gasteiger partial charge in [-0.1, -0.05) is 24.3 Å². The largest absolute Gasteiger partial charge is 0.338 e. The second-order valence-electron chi connectivity index (χ2n) is 5.74. The summed E-state index contributed by atoms with van der Waals surface area (Å²) in [5.41, 5.74) is 2.02. The maximum atomic E-state index is 11.8. The SMILES string of the molecule is O=C(NCCc1cccc2cccnc12)N[C@H]1CCS(=O)(=O)C1. The summed E-state index contributed by atoms with van der Waals surface area (Å²) in [6.45, 7) is 0.473. The van der Waals surface area contributed by atoms with Gasteiger partial charge >= 0.3 is 6.03 Å². The van der Waals surface area contributed by atoms with Gasteiger partial charge in [0.05, 0.1) is 17.0 Å². The number of carbonyl (C=O) groups excluding carboxylic acids is 1. The molecule has 1 atom stereocenters. The van der Waals surface area contributed by atoms with E-state index in [-0.39, 0.29) is 23.6 Å². The fraction of sp³-hybridized carbons (Fsp3) is 0.375. The Kier molecular flexibility index (Phi) is 4.47. The molecule has 1 saturated heterocycles. The van der Waals surface area contributed by atoms with Crippen molar-refractivity contribution in [2.75, 3.05) is 18.1 Å². The van der Waals surface area contributed by atoms with Gasteiger partial charge in [-0.3, -0.25) is 4.98 Å². The minimum atomic E-state index is -2.98. The molecule has 7 heteroatoms. The summed E-state index contributed by atoms with van der Waals surface area (Å²) in [7, 11) is -2.98. The molecule has 2 aromatic rings. The number of nitrogens with zero attached hydrogens (tertiary/aromatic N) is 1. The first kappa shape index (κ1) is 15.7. The average molecular weight is 333 g/mol. The summed E-state index contributed by atoms with van der Waals surface area (Å²) in [6, 6.07) is 9.29. The number of nitrogens with one attached hydrogen (secondary N) is 2. The van der Waals surface area contributed by atoms with Crippen molar-refractivity contribution in [3.8, 4) is 0 Å². The van der Waals surface area contributed by atoms with E-state index in [9.17, 15) is 13.2 Å². The smallest absolute Gasteiger partial charge is 0.315 e. The first-order valence-electron chi connectivity index (χ1n) is 7.61. The third-order valence-electron chi connectivity index (χ3n) is 3.96. The predicted molar refractivity (Wildman–Crippen MR) is 89.0 cm³/mol. The number of fused-ring (bicyclic) bond motifs is 1. The van der Waals surface area contributed by atoms with Crippen LogP contribution in [0.1, 0.15) is 12.0 Å². The number of carbonyl (C=O) groups is 1. The van der Waals surface area contributed by atoms with E-state index in [2.05, 4.69) is 15.6 Å². The second kappa shape index (κ2) is 6.54. The summed E-state index contributed by atoms with van der Waals surface area (Å²) in [6.07, 6.45) is 2.92. The Bertz CT molecular complexity index is 815. The fourth-order valence-electron chi connectivity index (χ4n) is 2.83. The number of benzene rings is 1. The minimum absolute atomic E-state index is 0.0354. The van der Waals surface area contributed by atoms with Crippen LogP contribution < -0.4 is 10.6 Å². The zero-order valence-electron chi connectivity index (χ0n) is 12.7. The summed E-state index contributed by atoms with van der Waals surface area (Å²) < 4.78 is 22.7. The van der Waals surface area contributed by atoms with Gasteiger partial charge in [0, 0.05) is 24.2 Å². The van der Waals surface area contributed by atoms with Crippen LogP contribution in [0, 0.1) is 0 Å². The first-order chi connectivity index (χ1) is 11.0. The van der Waals surface area contributed by atoms with Gasteiger partial charge in [0.25, 0.3) is 0 Å². The van der Waals surface area contributed by atoms with Crippen molar-refractivity contribution in [3.63, 3.8) is 0 Å². The van der Waals surface area contributed by atoms with Crippen LogP contribution in [-0.2, 0) is 16.3 Å². The molecular formula is C16H19N3O3S. The van der Waals surface area contributed by atoms with E-state index in [0.717, 1.165) is 16.5 Å². The maximum absolute atomic E-state index is 11.8. The zero-order chi connectivity index (χ0) is 16.3. The zero-order valence-corrected chi connectivity index (χ0v) is 13.5. The number of hydrogen-bond acceptors (Lipinski definition) is 4. The van der Waals surface area contributed by atoms with Crippen molar-refractivity contribution >= 4 is 26.8 Å². The van der Waals surface area contributed by atoms with E-state index in [1.165, 1.54) is 0 Å². The van der Waals surface area contributed by atoms with Crippen molar-refractivity contribution < 1.29 is 13.2 Å². The molecule has 1 aliphatic heterocycles. The topological polar surface area (TPSA) is 88.2 Å². The van der Waals surface area contributed by atoms with Crippen LogP contribution in [0.4, 0.5) is 4.79 Å². The van der Waals surface area contributed by atoms with Crippen molar-refractivity contribution in [1.82, 2.24) is 15.6 Å². The Hall–Kier alpha value is -2.15. The van der Waals surface area contributed by atoms with Crippen LogP contribution in [0.2, 0.25) is 0 Å². The lowest BCUT2D eigenvalue weighted by atomic mass is 10.1. The average Bonchev–Trinajstić information content (AvgIpc) is 2.86. The number of sulfone groups is 1. The number of amides is 2. The monoisotopic (exact) mass is 333 g/mol. The van der Waals surface area contributed by atoms with Crippen molar-refractivity contribution in [2.45, 2.75) is 18.9 Å². The molecule has 2 heterocycles. The van der Waals surface area contributed by atoms with Crippen molar-refractivity contribution in [3.05, 3.63) is 42.1 Å². The molecule has 2 N–H and O–H groups in total. The standard InChI is InChI=1S/C16H19N3O3S/c20-16(19-14-7-10-23(21,22)11-14)18-9-6-13-4-1-3-12-5-2-8-17-15(12)13/h1-5,8,14H,6-7,9-11H2,(H2,18,19,20)/t14-/m0/s1. The Morgan fingerprint density at radius 2 is 2.09 bits per heavy atom. The fourth-order valence-corrected chi connectivity index (χ4v) is 4.50. The number of urea groups is 1. The molecule has 0 bridgehead atoms. The molecule has 0 radical (unpaired) electrons. The molecular weight excluding hydrogens is 314 g/mol. The second-order valence-corrected chi connectivity index (χ2v) is 7.97. The molecule has 1 fully saturated rings. The minimum Gasteiger partial charge on any atom is -0.338 e. The van der Waals surface area contributed by atoms with Gasteiger partial charge in [0.2, 0.25) is 0 Å². The molecule has 23 heavy (non-hydrogen) atoms. The summed E-state index contributed by atoms with van der Waals surface area (Å²) >= 11 is 0. The van der Waals surface area contributed by atoms with E-state index < -0.39 is 9.84 Å². The quantitative estimate of drug-likeness (QED) is 0.882. The molecule has 6 nitrogen and oxygen atoms in total. The summed E-state index contributed by atoms with van der Waals surface area (Å²) in [5, 5.41) is 6.57. The predicted octanol–water partition coefficient (Wildman–Crippen LogP) is 1.26. The number of pyridine rings is 1. The van der Waals surface area contributed by atoms with E-state index in [0.29, 0.717) is 19.4 Å². The number of rotatable bonds is 4. The third kappa shape index (κ3) is 3.98. The molecule has 3 rings (SSSR count). The van der Waals surface area contributed by atoms with Crippen molar-refractivity contribution in [1.29, 1.82) is 0 Å².